The van der Waals surface area contributed by atoms with Gasteiger partial charge in [-0.25, -0.2) is 0 Å². The predicted molar refractivity (Wildman–Crippen MR) is 71.8 cm³/mol. The fraction of sp³-hybridized carbons (Fsp3) is 0.214. The Hall–Kier alpha value is -1.54. The van der Waals surface area contributed by atoms with E-state index in [0.29, 0.717) is 5.02 Å². The van der Waals surface area contributed by atoms with Crippen LogP contribution in [0.3, 0.4) is 0 Å². The highest BCUT2D eigenvalue weighted by Gasteiger charge is 2.13. The maximum atomic E-state index is 11.6. The Balaban J connectivity index is 2.66. The van der Waals surface area contributed by atoms with Crippen molar-refractivity contribution in [1.82, 2.24) is 4.57 Å². The summed E-state index contributed by atoms with van der Waals surface area (Å²) in [5.74, 6) is 0.0645. The van der Waals surface area contributed by atoms with Crippen molar-refractivity contribution < 1.29 is 4.79 Å². The largest absolute Gasteiger partial charge is 0.345 e. The second-order valence-electron chi connectivity index (χ2n) is 4.01. The number of allylic oxidation sites excluding steroid dienone is 1. The van der Waals surface area contributed by atoms with Crippen LogP contribution in [0.5, 0.6) is 0 Å². The third kappa shape index (κ3) is 2.13. The average molecular weight is 248 g/mol. The molecule has 17 heavy (non-hydrogen) atoms. The van der Waals surface area contributed by atoms with Crippen molar-refractivity contribution in [3.8, 4) is 0 Å². The number of carbonyl (C=O) groups excluding carboxylic acids is 1. The van der Waals surface area contributed by atoms with Crippen LogP contribution in [0.2, 0.25) is 5.02 Å². The van der Waals surface area contributed by atoms with E-state index in [0.717, 1.165) is 29.4 Å². The van der Waals surface area contributed by atoms with E-state index in [1.807, 2.05) is 35.0 Å². The number of benzene rings is 1. The predicted octanol–water partition coefficient (Wildman–Crippen LogP) is 4.07. The Morgan fingerprint density at radius 3 is 2.94 bits per heavy atom. The molecule has 1 aromatic heterocycles. The van der Waals surface area contributed by atoms with Gasteiger partial charge in [-0.15, -0.1) is 6.58 Å². The zero-order chi connectivity index (χ0) is 12.4. The minimum atomic E-state index is 0.0645. The zero-order valence-corrected chi connectivity index (χ0v) is 10.5. The van der Waals surface area contributed by atoms with Crippen molar-refractivity contribution in [2.45, 2.75) is 19.9 Å². The highest BCUT2D eigenvalue weighted by molar-refractivity contribution is 6.35. The van der Waals surface area contributed by atoms with Gasteiger partial charge < -0.3 is 4.57 Å². The van der Waals surface area contributed by atoms with Crippen LogP contribution in [-0.4, -0.2) is 10.4 Å². The third-order valence-corrected chi connectivity index (χ3v) is 3.11. The van der Waals surface area contributed by atoms with E-state index in [1.54, 1.807) is 6.92 Å². The van der Waals surface area contributed by atoms with Gasteiger partial charge in [-0.1, -0.05) is 29.8 Å². The lowest BCUT2D eigenvalue weighted by Crippen LogP contribution is -1.95. The van der Waals surface area contributed by atoms with E-state index >= 15 is 0 Å². The van der Waals surface area contributed by atoms with Gasteiger partial charge in [-0.3, -0.25) is 4.79 Å². The van der Waals surface area contributed by atoms with E-state index in [1.165, 1.54) is 0 Å². The van der Waals surface area contributed by atoms with Gasteiger partial charge in [-0.05, 0) is 19.4 Å². The van der Waals surface area contributed by atoms with E-state index in [2.05, 4.69) is 6.58 Å². The highest BCUT2D eigenvalue weighted by Crippen LogP contribution is 2.28. The number of hydrogen-bond donors (Lipinski definition) is 0. The number of Topliss-reactive ketones (excluding diaryl/α,β-unsaturated/α-hetero) is 1. The lowest BCUT2D eigenvalue weighted by Gasteiger charge is -2.03. The lowest BCUT2D eigenvalue weighted by molar-refractivity contribution is 0.101. The van der Waals surface area contributed by atoms with Crippen LogP contribution >= 0.6 is 11.6 Å². The summed E-state index contributed by atoms with van der Waals surface area (Å²) in [6.07, 6.45) is 4.59. The molecule has 0 aliphatic heterocycles. The summed E-state index contributed by atoms with van der Waals surface area (Å²) in [4.78, 5) is 11.6. The smallest absolute Gasteiger partial charge is 0.161 e. The summed E-state index contributed by atoms with van der Waals surface area (Å²) in [7, 11) is 0. The molecule has 88 valence electrons. The first-order chi connectivity index (χ1) is 8.15. The summed E-state index contributed by atoms with van der Waals surface area (Å²) in [5.41, 5.74) is 1.66. The number of fused-ring (bicyclic) bond motifs is 1. The average Bonchev–Trinajstić information content (AvgIpc) is 2.67. The molecule has 2 nitrogen and oxygen atoms in total. The van der Waals surface area contributed by atoms with Gasteiger partial charge in [0.05, 0.1) is 10.5 Å². The molecule has 1 aromatic carbocycles. The summed E-state index contributed by atoms with van der Waals surface area (Å²) in [6.45, 7) is 6.07. The molecule has 0 aliphatic rings. The minimum absolute atomic E-state index is 0.0645. The highest BCUT2D eigenvalue weighted by atomic mass is 35.5. The molecule has 0 spiro atoms. The topological polar surface area (TPSA) is 22.0 Å². The number of ketones is 1. The Morgan fingerprint density at radius 1 is 1.53 bits per heavy atom. The Bertz CT molecular complexity index is 583. The molecule has 0 unspecified atom stereocenters. The number of aromatic nitrogens is 1. The van der Waals surface area contributed by atoms with Crippen molar-refractivity contribution in [2.24, 2.45) is 0 Å². The fourth-order valence-electron chi connectivity index (χ4n) is 2.00. The molecule has 0 N–H and O–H groups in total. The van der Waals surface area contributed by atoms with Gasteiger partial charge in [0.25, 0.3) is 0 Å². The summed E-state index contributed by atoms with van der Waals surface area (Å²) >= 11 is 6.20. The van der Waals surface area contributed by atoms with Crippen LogP contribution in [0.4, 0.5) is 0 Å². The number of nitrogens with zero attached hydrogens (tertiary/aromatic N) is 1. The summed E-state index contributed by atoms with van der Waals surface area (Å²) in [5, 5.41) is 1.60. The zero-order valence-electron chi connectivity index (χ0n) is 9.74. The molecule has 0 bridgehead atoms. The summed E-state index contributed by atoms with van der Waals surface area (Å²) in [6, 6.07) is 5.65. The fourth-order valence-corrected chi connectivity index (χ4v) is 2.28. The molecule has 0 fully saturated rings. The standard InChI is InChI=1S/C14H14ClNO/c1-3-4-8-16-9-12(10(2)17)11-6-5-7-13(15)14(11)16/h3,5-7,9H,1,4,8H2,2H3. The van der Waals surface area contributed by atoms with E-state index in [4.69, 9.17) is 11.6 Å². The first-order valence-electron chi connectivity index (χ1n) is 5.54. The molecule has 3 heteroatoms. The Morgan fingerprint density at radius 2 is 2.29 bits per heavy atom. The van der Waals surface area contributed by atoms with Crippen molar-refractivity contribution >= 4 is 28.3 Å². The van der Waals surface area contributed by atoms with Crippen LogP contribution in [0.1, 0.15) is 23.7 Å². The van der Waals surface area contributed by atoms with Gasteiger partial charge in [0.2, 0.25) is 0 Å². The Kier molecular flexibility index (Phi) is 3.34. The molecular formula is C14H14ClNO. The minimum Gasteiger partial charge on any atom is -0.345 e. The quantitative estimate of drug-likeness (QED) is 0.590. The molecule has 0 saturated heterocycles. The van der Waals surface area contributed by atoms with Crippen LogP contribution in [0.15, 0.2) is 37.1 Å². The number of rotatable bonds is 4. The summed E-state index contributed by atoms with van der Waals surface area (Å²) < 4.78 is 2.02. The van der Waals surface area contributed by atoms with Crippen molar-refractivity contribution in [3.63, 3.8) is 0 Å². The van der Waals surface area contributed by atoms with Crippen LogP contribution < -0.4 is 0 Å². The monoisotopic (exact) mass is 247 g/mol. The number of hydrogen-bond acceptors (Lipinski definition) is 1. The van der Waals surface area contributed by atoms with Crippen molar-refractivity contribution in [1.29, 1.82) is 0 Å². The Labute approximate surface area is 105 Å². The normalized spacial score (nSPS) is 10.7. The number of halogens is 1. The number of aryl methyl sites for hydroxylation is 1. The molecule has 0 atom stereocenters. The van der Waals surface area contributed by atoms with Crippen LogP contribution in [-0.2, 0) is 6.54 Å². The van der Waals surface area contributed by atoms with E-state index in [-0.39, 0.29) is 5.78 Å². The first kappa shape index (κ1) is 11.9. The van der Waals surface area contributed by atoms with Crippen molar-refractivity contribution in [3.05, 3.63) is 47.6 Å². The second kappa shape index (κ2) is 4.76. The molecule has 0 radical (unpaired) electrons. The van der Waals surface area contributed by atoms with Crippen LogP contribution in [0.25, 0.3) is 10.9 Å². The molecule has 0 aliphatic carbocycles. The maximum absolute atomic E-state index is 11.6. The number of para-hydroxylation sites is 1. The molecular weight excluding hydrogens is 234 g/mol. The van der Waals surface area contributed by atoms with Gasteiger partial charge in [-0.2, -0.15) is 0 Å². The lowest BCUT2D eigenvalue weighted by atomic mass is 10.1. The van der Waals surface area contributed by atoms with Gasteiger partial charge in [0.15, 0.2) is 5.78 Å². The SMILES string of the molecule is C=CCCn1cc(C(C)=O)c2cccc(Cl)c21. The molecule has 1 heterocycles. The number of carbonyl (C=O) groups is 1. The molecule has 0 amide bonds. The van der Waals surface area contributed by atoms with E-state index in [9.17, 15) is 4.79 Å². The van der Waals surface area contributed by atoms with Crippen molar-refractivity contribution in [2.75, 3.05) is 0 Å². The van der Waals surface area contributed by atoms with Gasteiger partial charge in [0.1, 0.15) is 0 Å². The van der Waals surface area contributed by atoms with Gasteiger partial charge in [0, 0.05) is 23.7 Å². The molecule has 0 saturated carbocycles. The first-order valence-corrected chi connectivity index (χ1v) is 5.92. The third-order valence-electron chi connectivity index (χ3n) is 2.80. The molecule has 2 aromatic rings. The molecule has 2 rings (SSSR count). The van der Waals surface area contributed by atoms with E-state index < -0.39 is 0 Å². The van der Waals surface area contributed by atoms with Crippen LogP contribution in [0, 0.1) is 0 Å². The van der Waals surface area contributed by atoms with Gasteiger partial charge >= 0.3 is 0 Å². The maximum Gasteiger partial charge on any atom is 0.161 e. The second-order valence-corrected chi connectivity index (χ2v) is 4.41.